The van der Waals surface area contributed by atoms with E-state index in [-0.39, 0.29) is 0 Å². The third-order valence-corrected chi connectivity index (χ3v) is 4.59. The second-order valence-corrected chi connectivity index (χ2v) is 5.05. The van der Waals surface area contributed by atoms with Gasteiger partial charge in [-0.3, -0.25) is 0 Å². The molecule has 0 N–H and O–H groups in total. The minimum absolute atomic E-state index is 0.719. The smallest absolute Gasteiger partial charge is 0.0662 e. The summed E-state index contributed by atoms with van der Waals surface area (Å²) in [5, 5.41) is 0. The van der Waals surface area contributed by atoms with Crippen molar-refractivity contribution < 1.29 is 4.74 Å². The van der Waals surface area contributed by atoms with E-state index in [4.69, 9.17) is 4.74 Å². The fourth-order valence-corrected chi connectivity index (χ4v) is 4.35. The fourth-order valence-electron chi connectivity index (χ4n) is 4.35. The zero-order valence-corrected chi connectivity index (χ0v) is 6.70. The van der Waals surface area contributed by atoms with Gasteiger partial charge in [0, 0.05) is 5.92 Å². The minimum atomic E-state index is 0.719. The topological polar surface area (TPSA) is 9.23 Å². The predicted octanol–water partition coefficient (Wildman–Crippen LogP) is 1.82. The van der Waals surface area contributed by atoms with Crippen molar-refractivity contribution in [1.82, 2.24) is 0 Å². The van der Waals surface area contributed by atoms with Crippen LogP contribution in [0.4, 0.5) is 0 Å². The Balaban J connectivity index is 1.86. The van der Waals surface area contributed by atoms with E-state index < -0.39 is 0 Å². The van der Waals surface area contributed by atoms with Crippen molar-refractivity contribution in [2.24, 2.45) is 23.7 Å². The number of rotatable bonds is 0. The summed E-state index contributed by atoms with van der Waals surface area (Å²) in [4.78, 5) is 0. The Hall–Kier alpha value is -0.0400. The molecule has 1 heteroatoms. The number of fused-ring (bicyclic) bond motifs is 3. The molecule has 0 spiro atoms. The molecule has 4 aliphatic rings. The maximum Gasteiger partial charge on any atom is 0.0662 e. The van der Waals surface area contributed by atoms with Crippen LogP contribution in [0.5, 0.6) is 0 Å². The Morgan fingerprint density at radius 2 is 1.82 bits per heavy atom. The number of hydrogen-bond donors (Lipinski definition) is 0. The van der Waals surface area contributed by atoms with Crippen LogP contribution in [-0.2, 0) is 4.74 Å². The van der Waals surface area contributed by atoms with E-state index in [2.05, 4.69) is 0 Å². The van der Waals surface area contributed by atoms with Gasteiger partial charge in [0.15, 0.2) is 0 Å². The Bertz CT molecular complexity index is 207. The molecule has 3 bridgehead atoms. The lowest BCUT2D eigenvalue weighted by Gasteiger charge is -2.46. The molecule has 0 aromatic rings. The van der Waals surface area contributed by atoms with Gasteiger partial charge < -0.3 is 4.74 Å². The second kappa shape index (κ2) is 1.52. The van der Waals surface area contributed by atoms with Gasteiger partial charge in [0.1, 0.15) is 0 Å². The van der Waals surface area contributed by atoms with Crippen LogP contribution >= 0.6 is 0 Å². The van der Waals surface area contributed by atoms with Gasteiger partial charge >= 0.3 is 0 Å². The molecule has 1 aliphatic heterocycles. The molecule has 0 unspecified atom stereocenters. The Morgan fingerprint density at radius 3 is 2.82 bits per heavy atom. The molecule has 1 nitrogen and oxygen atoms in total. The fraction of sp³-hybridized carbons (Fsp3) is 1.00. The third kappa shape index (κ3) is 0.488. The molecular weight excluding hydrogens is 136 g/mol. The van der Waals surface area contributed by atoms with Gasteiger partial charge in [-0.1, -0.05) is 0 Å². The minimum Gasteiger partial charge on any atom is -0.374 e. The molecule has 0 radical (unpaired) electrons. The molecule has 0 aromatic carbocycles. The van der Waals surface area contributed by atoms with E-state index in [0.717, 1.165) is 35.9 Å². The molecule has 4 fully saturated rings. The normalized spacial score (nSPS) is 69.8. The Morgan fingerprint density at radius 1 is 0.909 bits per heavy atom. The number of hydrogen-bond acceptors (Lipinski definition) is 1. The molecule has 3 saturated carbocycles. The van der Waals surface area contributed by atoms with Crippen LogP contribution in [0.15, 0.2) is 0 Å². The molecule has 60 valence electrons. The SMILES string of the molecule is C1[C@@H]2C[C@@H]3C[C@H]1[C@@H]1O[C@H](C2)[C@H]31. The summed E-state index contributed by atoms with van der Waals surface area (Å²) < 4.78 is 5.89. The van der Waals surface area contributed by atoms with Crippen molar-refractivity contribution in [3.05, 3.63) is 0 Å². The molecule has 4 rings (SSSR count). The van der Waals surface area contributed by atoms with Gasteiger partial charge in [0.2, 0.25) is 0 Å². The van der Waals surface area contributed by atoms with E-state index in [9.17, 15) is 0 Å². The highest BCUT2D eigenvalue weighted by Gasteiger charge is 2.62. The van der Waals surface area contributed by atoms with Crippen LogP contribution in [-0.4, -0.2) is 12.2 Å². The largest absolute Gasteiger partial charge is 0.374 e. The second-order valence-electron chi connectivity index (χ2n) is 5.05. The summed E-state index contributed by atoms with van der Waals surface area (Å²) in [6.07, 6.45) is 7.44. The first-order valence-electron chi connectivity index (χ1n) is 5.07. The first-order chi connectivity index (χ1) is 5.42. The van der Waals surface area contributed by atoms with E-state index >= 15 is 0 Å². The van der Waals surface area contributed by atoms with Crippen LogP contribution in [0.25, 0.3) is 0 Å². The lowest BCUT2D eigenvalue weighted by Crippen LogP contribution is -2.50. The highest BCUT2D eigenvalue weighted by atomic mass is 16.5. The number of ether oxygens (including phenoxy) is 1. The first kappa shape index (κ1) is 5.58. The van der Waals surface area contributed by atoms with Gasteiger partial charge in [0.25, 0.3) is 0 Å². The molecule has 3 aliphatic carbocycles. The summed E-state index contributed by atoms with van der Waals surface area (Å²) >= 11 is 0. The molecule has 0 amide bonds. The molecule has 0 aromatic heterocycles. The Labute approximate surface area is 67.1 Å². The van der Waals surface area contributed by atoms with Crippen molar-refractivity contribution in [3.63, 3.8) is 0 Å². The van der Waals surface area contributed by atoms with Crippen LogP contribution in [0.2, 0.25) is 0 Å². The van der Waals surface area contributed by atoms with Crippen molar-refractivity contribution >= 4 is 0 Å². The van der Waals surface area contributed by atoms with Crippen molar-refractivity contribution in [2.75, 3.05) is 0 Å². The highest BCUT2D eigenvalue weighted by molar-refractivity contribution is 5.10. The van der Waals surface area contributed by atoms with Gasteiger partial charge in [-0.25, -0.2) is 0 Å². The Kier molecular flexibility index (Phi) is 0.769. The molecular formula is C10H14O. The summed E-state index contributed by atoms with van der Waals surface area (Å²) in [6.45, 7) is 0. The van der Waals surface area contributed by atoms with E-state index in [1.165, 1.54) is 19.3 Å². The van der Waals surface area contributed by atoms with Crippen molar-refractivity contribution in [3.8, 4) is 0 Å². The lowest BCUT2D eigenvalue weighted by molar-refractivity contribution is -0.196. The van der Waals surface area contributed by atoms with Gasteiger partial charge in [0.05, 0.1) is 12.2 Å². The maximum atomic E-state index is 5.89. The zero-order chi connectivity index (χ0) is 7.00. The predicted molar refractivity (Wildman–Crippen MR) is 41.1 cm³/mol. The highest BCUT2D eigenvalue weighted by Crippen LogP contribution is 2.62. The van der Waals surface area contributed by atoms with Gasteiger partial charge in [-0.2, -0.15) is 0 Å². The van der Waals surface area contributed by atoms with Gasteiger partial charge in [-0.05, 0) is 43.4 Å². The standard InChI is InChI=1S/C10H14O/c1-5-2-7-4-6(1)9-8(3-5)11-10(7)9/h5-10H,1-4H2/t5-,6+,7-,8+,9-,10-/m0/s1. The molecule has 6 atom stereocenters. The zero-order valence-electron chi connectivity index (χ0n) is 6.70. The summed E-state index contributed by atoms with van der Waals surface area (Å²) in [7, 11) is 0. The monoisotopic (exact) mass is 150 g/mol. The van der Waals surface area contributed by atoms with Crippen molar-refractivity contribution in [1.29, 1.82) is 0 Å². The average Bonchev–Trinajstić information content (AvgIpc) is 2.08. The molecule has 1 heterocycles. The van der Waals surface area contributed by atoms with E-state index in [0.29, 0.717) is 0 Å². The summed E-state index contributed by atoms with van der Waals surface area (Å²) in [6, 6.07) is 0. The van der Waals surface area contributed by atoms with E-state index in [1.54, 1.807) is 6.42 Å². The van der Waals surface area contributed by atoms with Crippen LogP contribution in [0, 0.1) is 23.7 Å². The maximum absolute atomic E-state index is 5.89. The quantitative estimate of drug-likeness (QED) is 0.512. The van der Waals surface area contributed by atoms with Crippen molar-refractivity contribution in [2.45, 2.75) is 37.9 Å². The molecule has 1 saturated heterocycles. The third-order valence-electron chi connectivity index (χ3n) is 4.59. The average molecular weight is 150 g/mol. The van der Waals surface area contributed by atoms with Crippen LogP contribution in [0.3, 0.4) is 0 Å². The van der Waals surface area contributed by atoms with Crippen LogP contribution < -0.4 is 0 Å². The van der Waals surface area contributed by atoms with Gasteiger partial charge in [-0.15, -0.1) is 0 Å². The summed E-state index contributed by atoms with van der Waals surface area (Å²) in [5.74, 6) is 4.17. The molecule has 11 heavy (non-hydrogen) atoms. The van der Waals surface area contributed by atoms with E-state index in [1.807, 2.05) is 0 Å². The summed E-state index contributed by atoms with van der Waals surface area (Å²) in [5.41, 5.74) is 0. The van der Waals surface area contributed by atoms with Crippen LogP contribution in [0.1, 0.15) is 25.7 Å². The lowest BCUT2D eigenvalue weighted by atomic mass is 9.70. The first-order valence-corrected chi connectivity index (χ1v) is 5.07.